The number of sulfone groups is 1. The van der Waals surface area contributed by atoms with E-state index >= 15 is 0 Å². The molecule has 1 aromatic rings. The Balaban J connectivity index is 1.74. The lowest BCUT2D eigenvalue weighted by Crippen LogP contribution is -2.47. The first-order valence-electron chi connectivity index (χ1n) is 9.89. The molecule has 164 valence electrons. The molecule has 8 nitrogen and oxygen atoms in total. The number of amides is 1. The SMILES string of the molecule is COc1cc(C)c(S(=O)(=O)CNCCOCC(=O)N(C)C2CCCNC2)c(C)c1. The number of aryl methyl sites for hydroxylation is 2. The molecule has 0 saturated carbocycles. The predicted octanol–water partition coefficient (Wildman–Crippen LogP) is 0.860. The van der Waals surface area contributed by atoms with Crippen molar-refractivity contribution in [3.05, 3.63) is 23.3 Å². The lowest BCUT2D eigenvalue weighted by atomic mass is 10.1. The van der Waals surface area contributed by atoms with Crippen LogP contribution in [-0.2, 0) is 19.4 Å². The molecule has 2 N–H and O–H groups in total. The molecule has 1 unspecified atom stereocenters. The summed E-state index contributed by atoms with van der Waals surface area (Å²) >= 11 is 0. The smallest absolute Gasteiger partial charge is 0.248 e. The van der Waals surface area contributed by atoms with Gasteiger partial charge in [-0.3, -0.25) is 4.79 Å². The van der Waals surface area contributed by atoms with Crippen LogP contribution < -0.4 is 15.4 Å². The first-order chi connectivity index (χ1) is 13.8. The number of methoxy groups -OCH3 is 1. The molecule has 1 aliphatic rings. The molecule has 0 radical (unpaired) electrons. The van der Waals surface area contributed by atoms with Crippen LogP contribution in [0.5, 0.6) is 5.75 Å². The summed E-state index contributed by atoms with van der Waals surface area (Å²) in [7, 11) is -0.129. The van der Waals surface area contributed by atoms with E-state index in [2.05, 4.69) is 10.6 Å². The molecule has 1 fully saturated rings. The van der Waals surface area contributed by atoms with Gasteiger partial charge >= 0.3 is 0 Å². The molecular weight excluding hydrogens is 394 g/mol. The number of hydrogen-bond acceptors (Lipinski definition) is 7. The molecule has 0 bridgehead atoms. The van der Waals surface area contributed by atoms with Crippen molar-refractivity contribution in [3.8, 4) is 5.75 Å². The van der Waals surface area contributed by atoms with Crippen LogP contribution >= 0.6 is 0 Å². The number of nitrogens with zero attached hydrogens (tertiary/aromatic N) is 1. The maximum atomic E-state index is 12.7. The zero-order chi connectivity index (χ0) is 21.4. The van der Waals surface area contributed by atoms with Crippen molar-refractivity contribution in [2.24, 2.45) is 0 Å². The second-order valence-corrected chi connectivity index (χ2v) is 9.33. The number of hydrogen-bond donors (Lipinski definition) is 2. The van der Waals surface area contributed by atoms with Gasteiger partial charge in [-0.2, -0.15) is 0 Å². The monoisotopic (exact) mass is 427 g/mol. The van der Waals surface area contributed by atoms with Gasteiger partial charge in [0.15, 0.2) is 9.84 Å². The average Bonchev–Trinajstić information content (AvgIpc) is 2.69. The minimum Gasteiger partial charge on any atom is -0.497 e. The van der Waals surface area contributed by atoms with E-state index in [1.54, 1.807) is 45.0 Å². The Morgan fingerprint density at radius 1 is 1.31 bits per heavy atom. The summed E-state index contributed by atoms with van der Waals surface area (Å²) in [5.74, 6) is 0.390. The summed E-state index contributed by atoms with van der Waals surface area (Å²) in [6.07, 6.45) is 2.06. The van der Waals surface area contributed by atoms with Gasteiger partial charge in [0.2, 0.25) is 5.91 Å². The molecular formula is C20H33N3O5S. The maximum Gasteiger partial charge on any atom is 0.248 e. The number of ether oxygens (including phenoxy) is 2. The molecule has 1 amide bonds. The number of nitrogens with one attached hydrogen (secondary N) is 2. The number of rotatable bonds is 10. The minimum absolute atomic E-state index is 0.00186. The average molecular weight is 428 g/mol. The van der Waals surface area contributed by atoms with Crippen LogP contribution in [0.1, 0.15) is 24.0 Å². The molecule has 0 aliphatic carbocycles. The van der Waals surface area contributed by atoms with Gasteiger partial charge in [-0.1, -0.05) is 0 Å². The molecule has 9 heteroatoms. The Bertz CT molecular complexity index is 768. The first-order valence-corrected chi connectivity index (χ1v) is 11.5. The number of carbonyl (C=O) groups excluding carboxylic acids is 1. The zero-order valence-electron chi connectivity index (χ0n) is 17.8. The van der Waals surface area contributed by atoms with Crippen molar-refractivity contribution in [2.75, 3.05) is 52.9 Å². The Hall–Kier alpha value is -1.68. The fraction of sp³-hybridized carbons (Fsp3) is 0.650. The van der Waals surface area contributed by atoms with Crippen LogP contribution in [0.4, 0.5) is 0 Å². The largest absolute Gasteiger partial charge is 0.497 e. The van der Waals surface area contributed by atoms with Crippen LogP contribution in [0.25, 0.3) is 0 Å². The molecule has 1 aromatic carbocycles. The standard InChI is InChI=1S/C20H33N3O5S/c1-15-10-18(27-4)11-16(2)20(15)29(25,26)14-22-8-9-28-13-19(24)23(3)17-6-5-7-21-12-17/h10-11,17,21-22H,5-9,12-14H2,1-4H3. The van der Waals surface area contributed by atoms with E-state index in [1.807, 2.05) is 0 Å². The lowest BCUT2D eigenvalue weighted by molar-refractivity contribution is -0.137. The quantitative estimate of drug-likeness (QED) is 0.535. The number of piperidine rings is 1. The van der Waals surface area contributed by atoms with Gasteiger partial charge < -0.3 is 25.0 Å². The van der Waals surface area contributed by atoms with Crippen LogP contribution in [0, 0.1) is 13.8 Å². The normalized spacial score (nSPS) is 17.2. The van der Waals surface area contributed by atoms with Crippen molar-refractivity contribution < 1.29 is 22.7 Å². The van der Waals surface area contributed by atoms with Crippen LogP contribution in [-0.4, -0.2) is 78.1 Å². The van der Waals surface area contributed by atoms with Crippen molar-refractivity contribution in [1.29, 1.82) is 0 Å². The van der Waals surface area contributed by atoms with Crippen molar-refractivity contribution in [3.63, 3.8) is 0 Å². The Morgan fingerprint density at radius 3 is 2.59 bits per heavy atom. The Kier molecular flexibility index (Phi) is 8.88. The van der Waals surface area contributed by atoms with Gasteiger partial charge in [0.05, 0.1) is 18.6 Å². The highest BCUT2D eigenvalue weighted by molar-refractivity contribution is 7.91. The molecule has 1 aliphatic heterocycles. The van der Waals surface area contributed by atoms with Gasteiger partial charge in [0, 0.05) is 26.2 Å². The highest BCUT2D eigenvalue weighted by Gasteiger charge is 2.22. The molecule has 1 atom stereocenters. The van der Waals surface area contributed by atoms with Gasteiger partial charge in [-0.25, -0.2) is 8.42 Å². The highest BCUT2D eigenvalue weighted by Crippen LogP contribution is 2.26. The van der Waals surface area contributed by atoms with E-state index in [0.29, 0.717) is 28.3 Å². The van der Waals surface area contributed by atoms with Crippen molar-refractivity contribution >= 4 is 15.7 Å². The second kappa shape index (κ2) is 10.9. The van der Waals surface area contributed by atoms with Gasteiger partial charge in [-0.15, -0.1) is 0 Å². The fourth-order valence-corrected chi connectivity index (χ4v) is 5.23. The summed E-state index contributed by atoms with van der Waals surface area (Å²) in [4.78, 5) is 14.3. The minimum atomic E-state index is -3.48. The molecule has 0 spiro atoms. The summed E-state index contributed by atoms with van der Waals surface area (Å²) < 4.78 is 35.9. The number of benzene rings is 1. The zero-order valence-corrected chi connectivity index (χ0v) is 18.6. The molecule has 0 aromatic heterocycles. The van der Waals surface area contributed by atoms with Crippen LogP contribution in [0.2, 0.25) is 0 Å². The van der Waals surface area contributed by atoms with E-state index in [0.717, 1.165) is 25.9 Å². The lowest BCUT2D eigenvalue weighted by Gasteiger charge is -2.31. The summed E-state index contributed by atoms with van der Waals surface area (Å²) in [6, 6.07) is 3.64. The van der Waals surface area contributed by atoms with Crippen molar-refractivity contribution in [2.45, 2.75) is 37.6 Å². The number of carbonyl (C=O) groups is 1. The fourth-order valence-electron chi connectivity index (χ4n) is 3.57. The Labute approximate surface area is 173 Å². The summed E-state index contributed by atoms with van der Waals surface area (Å²) in [6.45, 7) is 5.93. The van der Waals surface area contributed by atoms with Gasteiger partial charge in [0.25, 0.3) is 0 Å². The third-order valence-corrected chi connectivity index (χ3v) is 6.98. The molecule has 29 heavy (non-hydrogen) atoms. The van der Waals surface area contributed by atoms with Crippen LogP contribution in [0.15, 0.2) is 17.0 Å². The predicted molar refractivity (Wildman–Crippen MR) is 112 cm³/mol. The third kappa shape index (κ3) is 6.67. The Morgan fingerprint density at radius 2 is 2.00 bits per heavy atom. The van der Waals surface area contributed by atoms with E-state index < -0.39 is 9.84 Å². The summed E-state index contributed by atoms with van der Waals surface area (Å²) in [5, 5.41) is 6.18. The second-order valence-electron chi connectivity index (χ2n) is 7.41. The van der Waals surface area contributed by atoms with E-state index in [4.69, 9.17) is 9.47 Å². The van der Waals surface area contributed by atoms with E-state index in [-0.39, 0.29) is 31.0 Å². The topological polar surface area (TPSA) is 97.0 Å². The summed E-state index contributed by atoms with van der Waals surface area (Å²) in [5.41, 5.74) is 1.32. The number of likely N-dealkylation sites (N-methyl/N-ethyl adjacent to an activating group) is 1. The first kappa shape index (κ1) is 23.6. The highest BCUT2D eigenvalue weighted by atomic mass is 32.2. The maximum absolute atomic E-state index is 12.7. The molecule has 1 heterocycles. The third-order valence-electron chi connectivity index (χ3n) is 5.13. The van der Waals surface area contributed by atoms with Crippen molar-refractivity contribution in [1.82, 2.24) is 15.5 Å². The van der Waals surface area contributed by atoms with Gasteiger partial charge in [0.1, 0.15) is 18.2 Å². The van der Waals surface area contributed by atoms with Crippen LogP contribution in [0.3, 0.4) is 0 Å². The van der Waals surface area contributed by atoms with Gasteiger partial charge in [-0.05, 0) is 56.5 Å². The van der Waals surface area contributed by atoms with E-state index in [9.17, 15) is 13.2 Å². The molecule has 2 rings (SSSR count). The van der Waals surface area contributed by atoms with E-state index in [1.165, 1.54) is 0 Å². The molecule has 1 saturated heterocycles.